The zero-order valence-electron chi connectivity index (χ0n) is 9.34. The van der Waals surface area contributed by atoms with Gasteiger partial charge in [0.15, 0.2) is 5.60 Å². The van der Waals surface area contributed by atoms with Crippen LogP contribution in [0.3, 0.4) is 0 Å². The molecule has 0 amide bonds. The van der Waals surface area contributed by atoms with Crippen LogP contribution >= 0.6 is 0 Å². The predicted octanol–water partition coefficient (Wildman–Crippen LogP) is 2.14. The summed E-state index contributed by atoms with van der Waals surface area (Å²) in [5, 5.41) is 0. The summed E-state index contributed by atoms with van der Waals surface area (Å²) < 4.78 is 10.2. The SMILES string of the molecule is COC(=O)C(C)(OC)C1CCCCC1. The topological polar surface area (TPSA) is 35.5 Å². The molecule has 3 nitrogen and oxygen atoms in total. The van der Waals surface area contributed by atoms with E-state index in [0.717, 1.165) is 12.8 Å². The minimum absolute atomic E-state index is 0.244. The highest BCUT2D eigenvalue weighted by Crippen LogP contribution is 2.35. The predicted molar refractivity (Wildman–Crippen MR) is 54.0 cm³/mol. The monoisotopic (exact) mass is 200 g/mol. The van der Waals surface area contributed by atoms with Gasteiger partial charge in [-0.2, -0.15) is 0 Å². The molecule has 0 aromatic carbocycles. The Hall–Kier alpha value is -0.570. The molecule has 0 aromatic rings. The second-order valence-corrected chi connectivity index (χ2v) is 4.14. The van der Waals surface area contributed by atoms with Gasteiger partial charge in [-0.25, -0.2) is 4.79 Å². The van der Waals surface area contributed by atoms with Gasteiger partial charge >= 0.3 is 5.97 Å². The molecule has 0 radical (unpaired) electrons. The molecule has 1 saturated carbocycles. The Labute approximate surface area is 85.8 Å². The molecular formula is C11H20O3. The van der Waals surface area contributed by atoms with Crippen molar-refractivity contribution in [2.75, 3.05) is 14.2 Å². The first kappa shape index (κ1) is 11.5. The number of methoxy groups -OCH3 is 2. The Morgan fingerprint density at radius 1 is 1.21 bits per heavy atom. The van der Waals surface area contributed by atoms with Crippen LogP contribution in [0.4, 0.5) is 0 Å². The van der Waals surface area contributed by atoms with Crippen LogP contribution in [0.5, 0.6) is 0 Å². The first-order valence-corrected chi connectivity index (χ1v) is 5.28. The molecule has 3 heteroatoms. The van der Waals surface area contributed by atoms with Gasteiger partial charge in [-0.15, -0.1) is 0 Å². The third-order valence-corrected chi connectivity index (χ3v) is 3.40. The van der Waals surface area contributed by atoms with E-state index < -0.39 is 5.60 Å². The summed E-state index contributed by atoms with van der Waals surface area (Å²) in [7, 11) is 3.01. The summed E-state index contributed by atoms with van der Waals surface area (Å²) in [6.45, 7) is 1.84. The molecule has 1 fully saturated rings. The number of esters is 1. The normalized spacial score (nSPS) is 22.8. The summed E-state index contributed by atoms with van der Waals surface area (Å²) in [5.74, 6) is 0.0700. The zero-order chi connectivity index (χ0) is 10.6. The number of ether oxygens (including phenoxy) is 2. The highest BCUT2D eigenvalue weighted by molar-refractivity contribution is 5.79. The van der Waals surface area contributed by atoms with Gasteiger partial charge < -0.3 is 9.47 Å². The van der Waals surface area contributed by atoms with Gasteiger partial charge in [-0.3, -0.25) is 0 Å². The molecule has 0 bridgehead atoms. The third kappa shape index (κ3) is 2.08. The van der Waals surface area contributed by atoms with Gasteiger partial charge in [0.1, 0.15) is 0 Å². The second kappa shape index (κ2) is 4.78. The second-order valence-electron chi connectivity index (χ2n) is 4.14. The van der Waals surface area contributed by atoms with Crippen molar-refractivity contribution in [1.82, 2.24) is 0 Å². The van der Waals surface area contributed by atoms with Gasteiger partial charge in [-0.1, -0.05) is 19.3 Å². The van der Waals surface area contributed by atoms with E-state index in [1.165, 1.54) is 26.4 Å². The molecule has 1 aliphatic carbocycles. The molecule has 0 saturated heterocycles. The van der Waals surface area contributed by atoms with E-state index in [-0.39, 0.29) is 5.97 Å². The van der Waals surface area contributed by atoms with Gasteiger partial charge in [0.2, 0.25) is 0 Å². The van der Waals surface area contributed by atoms with Crippen molar-refractivity contribution in [3.8, 4) is 0 Å². The van der Waals surface area contributed by atoms with Gasteiger partial charge in [-0.05, 0) is 25.7 Å². The van der Waals surface area contributed by atoms with Crippen LogP contribution in [-0.2, 0) is 14.3 Å². The molecule has 1 atom stereocenters. The number of hydrogen-bond acceptors (Lipinski definition) is 3. The molecule has 0 N–H and O–H groups in total. The first-order valence-electron chi connectivity index (χ1n) is 5.28. The Balaban J connectivity index is 2.71. The molecule has 0 aromatic heterocycles. The van der Waals surface area contributed by atoms with E-state index in [1.807, 2.05) is 6.92 Å². The van der Waals surface area contributed by atoms with E-state index in [0.29, 0.717) is 5.92 Å². The van der Waals surface area contributed by atoms with Gasteiger partial charge in [0, 0.05) is 7.11 Å². The molecule has 0 heterocycles. The van der Waals surface area contributed by atoms with Crippen LogP contribution in [0.25, 0.3) is 0 Å². The van der Waals surface area contributed by atoms with Crippen molar-refractivity contribution in [3.05, 3.63) is 0 Å². The van der Waals surface area contributed by atoms with E-state index in [4.69, 9.17) is 9.47 Å². The zero-order valence-corrected chi connectivity index (χ0v) is 9.34. The summed E-state index contributed by atoms with van der Waals surface area (Å²) in [6, 6.07) is 0. The fourth-order valence-electron chi connectivity index (χ4n) is 2.27. The molecule has 1 rings (SSSR count). The van der Waals surface area contributed by atoms with Crippen molar-refractivity contribution in [1.29, 1.82) is 0 Å². The fraction of sp³-hybridized carbons (Fsp3) is 0.909. The van der Waals surface area contributed by atoms with Crippen molar-refractivity contribution in [3.63, 3.8) is 0 Å². The summed E-state index contributed by atoms with van der Waals surface area (Å²) in [4.78, 5) is 11.6. The molecule has 14 heavy (non-hydrogen) atoms. The van der Waals surface area contributed by atoms with Gasteiger partial charge in [0.25, 0.3) is 0 Å². The summed E-state index contributed by atoms with van der Waals surface area (Å²) >= 11 is 0. The number of carbonyl (C=O) groups excluding carboxylic acids is 1. The summed E-state index contributed by atoms with van der Waals surface area (Å²) in [5.41, 5.74) is -0.741. The van der Waals surface area contributed by atoms with E-state index in [2.05, 4.69) is 0 Å². The van der Waals surface area contributed by atoms with Crippen LogP contribution in [0.1, 0.15) is 39.0 Å². The van der Waals surface area contributed by atoms with Crippen LogP contribution < -0.4 is 0 Å². The lowest BCUT2D eigenvalue weighted by Gasteiger charge is -2.36. The van der Waals surface area contributed by atoms with Crippen LogP contribution in [0.2, 0.25) is 0 Å². The fourth-order valence-corrected chi connectivity index (χ4v) is 2.27. The largest absolute Gasteiger partial charge is 0.467 e. The molecule has 82 valence electrons. The van der Waals surface area contributed by atoms with Crippen molar-refractivity contribution >= 4 is 5.97 Å². The number of rotatable bonds is 3. The average Bonchev–Trinajstić information content (AvgIpc) is 2.28. The highest BCUT2D eigenvalue weighted by atomic mass is 16.6. The van der Waals surface area contributed by atoms with E-state index in [1.54, 1.807) is 7.11 Å². The maximum atomic E-state index is 11.6. The Bertz CT molecular complexity index is 197. The molecular weight excluding hydrogens is 180 g/mol. The third-order valence-electron chi connectivity index (χ3n) is 3.40. The Morgan fingerprint density at radius 2 is 1.79 bits per heavy atom. The van der Waals surface area contributed by atoms with Crippen molar-refractivity contribution in [2.45, 2.75) is 44.6 Å². The minimum atomic E-state index is -0.741. The molecule has 1 aliphatic rings. The maximum absolute atomic E-state index is 11.6. The van der Waals surface area contributed by atoms with E-state index >= 15 is 0 Å². The highest BCUT2D eigenvalue weighted by Gasteiger charge is 2.42. The molecule has 1 unspecified atom stereocenters. The lowest BCUT2D eigenvalue weighted by molar-refractivity contribution is -0.172. The smallest absolute Gasteiger partial charge is 0.338 e. The quantitative estimate of drug-likeness (QED) is 0.655. The lowest BCUT2D eigenvalue weighted by Crippen LogP contribution is -2.46. The van der Waals surface area contributed by atoms with Crippen molar-refractivity contribution in [2.24, 2.45) is 5.92 Å². The number of carbonyl (C=O) groups is 1. The standard InChI is InChI=1S/C11H20O3/c1-11(14-3,10(12)13-2)9-7-5-4-6-8-9/h9H,4-8H2,1-3H3. The lowest BCUT2D eigenvalue weighted by atomic mass is 9.77. The Kier molecular flexibility index (Phi) is 3.93. The minimum Gasteiger partial charge on any atom is -0.467 e. The van der Waals surface area contributed by atoms with Crippen LogP contribution in [0, 0.1) is 5.92 Å². The maximum Gasteiger partial charge on any atom is 0.338 e. The van der Waals surface area contributed by atoms with Crippen LogP contribution in [-0.4, -0.2) is 25.8 Å². The van der Waals surface area contributed by atoms with Crippen LogP contribution in [0.15, 0.2) is 0 Å². The summed E-state index contributed by atoms with van der Waals surface area (Å²) in [6.07, 6.45) is 5.80. The first-order chi connectivity index (χ1) is 6.65. The average molecular weight is 200 g/mol. The number of hydrogen-bond donors (Lipinski definition) is 0. The van der Waals surface area contributed by atoms with Crippen molar-refractivity contribution < 1.29 is 14.3 Å². The Morgan fingerprint density at radius 3 is 2.21 bits per heavy atom. The molecule has 0 aliphatic heterocycles. The molecule has 0 spiro atoms. The van der Waals surface area contributed by atoms with E-state index in [9.17, 15) is 4.79 Å². The van der Waals surface area contributed by atoms with Gasteiger partial charge in [0.05, 0.1) is 7.11 Å².